The molecule has 0 spiro atoms. The molecule has 1 aromatic carbocycles. The summed E-state index contributed by atoms with van der Waals surface area (Å²) in [7, 11) is 1.28. The van der Waals surface area contributed by atoms with Crippen LogP contribution in [-0.2, 0) is 4.79 Å². The number of methoxy groups -OCH3 is 1. The highest BCUT2D eigenvalue weighted by atomic mass is 16.6. The lowest BCUT2D eigenvalue weighted by Crippen LogP contribution is -2.40. The van der Waals surface area contributed by atoms with Crippen molar-refractivity contribution >= 4 is 17.4 Å². The summed E-state index contributed by atoms with van der Waals surface area (Å²) in [5, 5.41) is 10.9. The third-order valence-electron chi connectivity index (χ3n) is 3.16. The highest BCUT2D eigenvalue weighted by Crippen LogP contribution is 2.31. The van der Waals surface area contributed by atoms with Crippen LogP contribution < -0.4 is 4.74 Å². The van der Waals surface area contributed by atoms with Gasteiger partial charge < -0.3 is 9.64 Å². The molecule has 0 saturated carbocycles. The van der Waals surface area contributed by atoms with Crippen LogP contribution in [0.4, 0.5) is 5.69 Å². The van der Waals surface area contributed by atoms with Gasteiger partial charge in [0, 0.05) is 19.0 Å². The van der Waals surface area contributed by atoms with Crippen LogP contribution in [0.25, 0.3) is 0 Å². The second-order valence-electron chi connectivity index (χ2n) is 4.48. The van der Waals surface area contributed by atoms with Crippen LogP contribution in [0, 0.1) is 10.1 Å². The number of hydrogen-bond acceptors (Lipinski definition) is 5. The second-order valence-corrected chi connectivity index (χ2v) is 4.48. The first-order valence-electron chi connectivity index (χ1n) is 6.17. The number of hydrogen-bond donors (Lipinski definition) is 0. The number of rotatable bonds is 3. The number of piperidine rings is 1. The SMILES string of the molecule is COc1c(C(=O)N2CCCC(=O)C2)cccc1[N+](=O)[O-]. The Hall–Kier alpha value is -2.44. The van der Waals surface area contributed by atoms with Crippen molar-refractivity contribution < 1.29 is 19.2 Å². The van der Waals surface area contributed by atoms with Crippen LogP contribution in [0.3, 0.4) is 0 Å². The third-order valence-corrected chi connectivity index (χ3v) is 3.16. The Morgan fingerprint density at radius 1 is 1.45 bits per heavy atom. The van der Waals surface area contributed by atoms with Crippen LogP contribution in [-0.4, -0.2) is 41.7 Å². The molecule has 0 aromatic heterocycles. The summed E-state index contributed by atoms with van der Waals surface area (Å²) in [6.07, 6.45) is 1.08. The zero-order valence-electron chi connectivity index (χ0n) is 11.0. The molecular weight excluding hydrogens is 264 g/mol. The normalized spacial score (nSPS) is 15.1. The number of likely N-dealkylation sites (tertiary alicyclic amines) is 1. The number of Topliss-reactive ketones (excluding diaryl/α,β-unsaturated/α-hetero) is 1. The van der Waals surface area contributed by atoms with E-state index in [1.165, 1.54) is 30.2 Å². The molecule has 7 nitrogen and oxygen atoms in total. The second kappa shape index (κ2) is 5.68. The lowest BCUT2D eigenvalue weighted by molar-refractivity contribution is -0.385. The maximum Gasteiger partial charge on any atom is 0.311 e. The van der Waals surface area contributed by atoms with E-state index in [0.29, 0.717) is 19.4 Å². The molecule has 1 heterocycles. The molecule has 20 heavy (non-hydrogen) atoms. The molecular formula is C13H14N2O5. The molecule has 1 aromatic rings. The number of nitro groups is 1. The maximum atomic E-state index is 12.4. The summed E-state index contributed by atoms with van der Waals surface area (Å²) in [5.74, 6) is -0.492. The standard InChI is InChI=1S/C13H14N2O5/c1-20-12-10(5-2-6-11(12)15(18)19)13(17)14-7-3-4-9(16)8-14/h2,5-6H,3-4,7-8H2,1H3. The highest BCUT2D eigenvalue weighted by molar-refractivity contribution is 6.00. The van der Waals surface area contributed by atoms with Crippen LogP contribution in [0.2, 0.25) is 0 Å². The Bertz CT molecular complexity index is 570. The number of carbonyl (C=O) groups is 2. The van der Waals surface area contributed by atoms with Gasteiger partial charge in [-0.05, 0) is 12.5 Å². The van der Waals surface area contributed by atoms with E-state index in [1.54, 1.807) is 0 Å². The lowest BCUT2D eigenvalue weighted by atomic mass is 10.1. The van der Waals surface area contributed by atoms with Gasteiger partial charge >= 0.3 is 5.69 Å². The van der Waals surface area contributed by atoms with E-state index in [9.17, 15) is 19.7 Å². The van der Waals surface area contributed by atoms with Gasteiger partial charge in [0.15, 0.2) is 5.78 Å². The molecule has 1 amide bonds. The van der Waals surface area contributed by atoms with Gasteiger partial charge in [-0.3, -0.25) is 19.7 Å². The van der Waals surface area contributed by atoms with Crippen molar-refractivity contribution in [3.8, 4) is 5.75 Å². The van der Waals surface area contributed by atoms with E-state index in [1.807, 2.05) is 0 Å². The van der Waals surface area contributed by atoms with E-state index < -0.39 is 10.8 Å². The number of carbonyl (C=O) groups excluding carboxylic acids is 2. The van der Waals surface area contributed by atoms with Crippen molar-refractivity contribution in [1.29, 1.82) is 0 Å². The molecule has 0 aliphatic carbocycles. The fourth-order valence-electron chi connectivity index (χ4n) is 2.23. The van der Waals surface area contributed by atoms with Gasteiger partial charge in [0.05, 0.1) is 24.1 Å². The predicted molar refractivity (Wildman–Crippen MR) is 69.8 cm³/mol. The summed E-state index contributed by atoms with van der Waals surface area (Å²) < 4.78 is 5.00. The van der Waals surface area contributed by atoms with Crippen LogP contribution in [0.15, 0.2) is 18.2 Å². The van der Waals surface area contributed by atoms with E-state index in [-0.39, 0.29) is 29.3 Å². The van der Waals surface area contributed by atoms with Crippen molar-refractivity contribution in [2.45, 2.75) is 12.8 Å². The minimum Gasteiger partial charge on any atom is -0.490 e. The predicted octanol–water partition coefficient (Wildman–Crippen LogP) is 1.41. The maximum absolute atomic E-state index is 12.4. The molecule has 7 heteroatoms. The molecule has 0 radical (unpaired) electrons. The smallest absolute Gasteiger partial charge is 0.311 e. The Labute approximate surface area is 115 Å². The van der Waals surface area contributed by atoms with Crippen LogP contribution in [0.5, 0.6) is 5.75 Å². The first-order chi connectivity index (χ1) is 9.54. The van der Waals surface area contributed by atoms with E-state index in [2.05, 4.69) is 0 Å². The molecule has 0 unspecified atom stereocenters. The molecule has 1 saturated heterocycles. The number of nitrogens with zero attached hydrogens (tertiary/aromatic N) is 2. The fraction of sp³-hybridized carbons (Fsp3) is 0.385. The van der Waals surface area contributed by atoms with Crippen molar-refractivity contribution in [3.63, 3.8) is 0 Å². The first kappa shape index (κ1) is 14.0. The monoisotopic (exact) mass is 278 g/mol. The Morgan fingerprint density at radius 3 is 2.80 bits per heavy atom. The summed E-state index contributed by atoms with van der Waals surface area (Å²) in [6, 6.07) is 4.17. The van der Waals surface area contributed by atoms with E-state index in [4.69, 9.17) is 4.74 Å². The zero-order chi connectivity index (χ0) is 14.7. The highest BCUT2D eigenvalue weighted by Gasteiger charge is 2.28. The van der Waals surface area contributed by atoms with Crippen LogP contribution in [0.1, 0.15) is 23.2 Å². The lowest BCUT2D eigenvalue weighted by Gasteiger charge is -2.26. The van der Waals surface area contributed by atoms with Gasteiger partial charge in [-0.2, -0.15) is 0 Å². The minimum atomic E-state index is -0.600. The number of nitro benzene ring substituents is 1. The summed E-state index contributed by atoms with van der Waals surface area (Å²) in [5.41, 5.74) is -0.155. The molecule has 2 rings (SSSR count). The van der Waals surface area contributed by atoms with Gasteiger partial charge in [0.1, 0.15) is 0 Å². The number of para-hydroxylation sites is 1. The summed E-state index contributed by atoms with van der Waals surface area (Å²) in [4.78, 5) is 35.5. The number of amides is 1. The molecule has 0 atom stereocenters. The summed E-state index contributed by atoms with van der Waals surface area (Å²) in [6.45, 7) is 0.515. The molecule has 1 fully saturated rings. The summed E-state index contributed by atoms with van der Waals surface area (Å²) >= 11 is 0. The first-order valence-corrected chi connectivity index (χ1v) is 6.17. The van der Waals surface area contributed by atoms with Gasteiger partial charge in [-0.15, -0.1) is 0 Å². The molecule has 106 valence electrons. The average Bonchev–Trinajstić information content (AvgIpc) is 2.45. The van der Waals surface area contributed by atoms with Crippen molar-refractivity contribution in [2.24, 2.45) is 0 Å². The minimum absolute atomic E-state index is 0.00556. The van der Waals surface area contributed by atoms with Crippen molar-refractivity contribution in [3.05, 3.63) is 33.9 Å². The topological polar surface area (TPSA) is 89.8 Å². The molecule has 1 aliphatic rings. The van der Waals surface area contributed by atoms with Gasteiger partial charge in [0.25, 0.3) is 5.91 Å². The molecule has 0 bridgehead atoms. The number of ketones is 1. The van der Waals surface area contributed by atoms with Crippen molar-refractivity contribution in [1.82, 2.24) is 4.90 Å². The Balaban J connectivity index is 2.36. The van der Waals surface area contributed by atoms with E-state index in [0.717, 1.165) is 0 Å². The quantitative estimate of drug-likeness (QED) is 0.616. The van der Waals surface area contributed by atoms with Gasteiger partial charge in [0.2, 0.25) is 5.75 Å². The third kappa shape index (κ3) is 2.61. The van der Waals surface area contributed by atoms with E-state index >= 15 is 0 Å². The number of ether oxygens (including phenoxy) is 1. The number of benzene rings is 1. The Kier molecular flexibility index (Phi) is 3.97. The average molecular weight is 278 g/mol. The fourth-order valence-corrected chi connectivity index (χ4v) is 2.23. The van der Waals surface area contributed by atoms with Gasteiger partial charge in [-0.25, -0.2) is 0 Å². The Morgan fingerprint density at radius 2 is 2.20 bits per heavy atom. The zero-order valence-corrected chi connectivity index (χ0v) is 11.0. The molecule has 0 N–H and O–H groups in total. The van der Waals surface area contributed by atoms with Crippen LogP contribution >= 0.6 is 0 Å². The van der Waals surface area contributed by atoms with Crippen molar-refractivity contribution in [2.75, 3.05) is 20.2 Å². The molecule has 1 aliphatic heterocycles. The van der Waals surface area contributed by atoms with Gasteiger partial charge in [-0.1, -0.05) is 6.07 Å². The largest absolute Gasteiger partial charge is 0.490 e.